The van der Waals surface area contributed by atoms with Gasteiger partial charge in [-0.05, 0) is 43.7 Å². The van der Waals surface area contributed by atoms with Gasteiger partial charge in [-0.25, -0.2) is 0 Å². The summed E-state index contributed by atoms with van der Waals surface area (Å²) in [6, 6.07) is 2.04. The van der Waals surface area contributed by atoms with E-state index >= 15 is 0 Å². The molecule has 0 aliphatic carbocycles. The fourth-order valence-corrected chi connectivity index (χ4v) is 1.49. The van der Waals surface area contributed by atoms with E-state index in [2.05, 4.69) is 26.0 Å². The lowest BCUT2D eigenvalue weighted by Gasteiger charge is -2.03. The molecular weight excluding hydrogens is 160 g/mol. The Morgan fingerprint density at radius 2 is 2.38 bits per heavy atom. The van der Waals surface area contributed by atoms with E-state index in [0.717, 1.165) is 6.42 Å². The Kier molecular flexibility index (Phi) is 4.37. The van der Waals surface area contributed by atoms with Crippen LogP contribution in [0.3, 0.4) is 0 Å². The normalized spacial score (nSPS) is 13.7. The standard InChI is InChI=1S/C12H18O/c1-3-5-11(2)6-4-7-12-8-9-13-10-12/h3,5,8-11H,4,6-7H2,1-2H3/b5-3+/t11-/m1/s1. The lowest BCUT2D eigenvalue weighted by atomic mass is 10.0. The topological polar surface area (TPSA) is 13.1 Å². The van der Waals surface area contributed by atoms with Gasteiger partial charge in [-0.3, -0.25) is 0 Å². The van der Waals surface area contributed by atoms with Crippen molar-refractivity contribution in [2.75, 3.05) is 0 Å². The van der Waals surface area contributed by atoms with E-state index in [0.29, 0.717) is 5.92 Å². The SMILES string of the molecule is C/C=C/[C@@H](C)CCCc1ccoc1. The Bertz CT molecular complexity index is 234. The van der Waals surface area contributed by atoms with Gasteiger partial charge in [0.25, 0.3) is 0 Å². The summed E-state index contributed by atoms with van der Waals surface area (Å²) in [6.07, 6.45) is 11.6. The second-order valence-corrected chi connectivity index (χ2v) is 3.53. The van der Waals surface area contributed by atoms with E-state index in [9.17, 15) is 0 Å². The van der Waals surface area contributed by atoms with Crippen LogP contribution >= 0.6 is 0 Å². The molecule has 0 N–H and O–H groups in total. The molecule has 0 aliphatic heterocycles. The predicted molar refractivity (Wildman–Crippen MR) is 55.6 cm³/mol. The minimum atomic E-state index is 0.705. The fraction of sp³-hybridized carbons (Fsp3) is 0.500. The molecule has 0 aliphatic rings. The highest BCUT2D eigenvalue weighted by Crippen LogP contribution is 2.11. The molecule has 13 heavy (non-hydrogen) atoms. The molecule has 1 nitrogen and oxygen atoms in total. The maximum atomic E-state index is 5.01. The lowest BCUT2D eigenvalue weighted by molar-refractivity contribution is 0.558. The number of allylic oxidation sites excluding steroid dienone is 2. The first-order valence-corrected chi connectivity index (χ1v) is 4.97. The Balaban J connectivity index is 2.14. The Morgan fingerprint density at radius 1 is 1.54 bits per heavy atom. The van der Waals surface area contributed by atoms with E-state index in [4.69, 9.17) is 4.42 Å². The molecule has 0 saturated heterocycles. The molecule has 1 atom stereocenters. The number of hydrogen-bond donors (Lipinski definition) is 0. The minimum Gasteiger partial charge on any atom is -0.472 e. The third kappa shape index (κ3) is 3.97. The van der Waals surface area contributed by atoms with Gasteiger partial charge < -0.3 is 4.42 Å². The Labute approximate surface area is 80.5 Å². The van der Waals surface area contributed by atoms with Crippen LogP contribution in [0.15, 0.2) is 35.2 Å². The van der Waals surface area contributed by atoms with E-state index in [1.807, 2.05) is 12.3 Å². The summed E-state index contributed by atoms with van der Waals surface area (Å²) >= 11 is 0. The first kappa shape index (κ1) is 10.1. The Morgan fingerprint density at radius 3 is 3.00 bits per heavy atom. The van der Waals surface area contributed by atoms with Crippen LogP contribution in [-0.2, 0) is 6.42 Å². The van der Waals surface area contributed by atoms with Crippen molar-refractivity contribution in [3.8, 4) is 0 Å². The Hall–Kier alpha value is -0.980. The van der Waals surface area contributed by atoms with Gasteiger partial charge in [0, 0.05) is 0 Å². The van der Waals surface area contributed by atoms with Crippen LogP contribution in [0.4, 0.5) is 0 Å². The molecule has 1 aromatic rings. The largest absolute Gasteiger partial charge is 0.472 e. The molecule has 1 rings (SSSR count). The summed E-state index contributed by atoms with van der Waals surface area (Å²) in [5, 5.41) is 0. The van der Waals surface area contributed by atoms with Crippen LogP contribution in [0.25, 0.3) is 0 Å². The summed E-state index contributed by atoms with van der Waals surface area (Å²) in [4.78, 5) is 0. The zero-order valence-electron chi connectivity index (χ0n) is 8.49. The van der Waals surface area contributed by atoms with Crippen LogP contribution in [0.5, 0.6) is 0 Å². The minimum absolute atomic E-state index is 0.705. The molecule has 0 radical (unpaired) electrons. The van der Waals surface area contributed by atoms with E-state index in [1.54, 1.807) is 6.26 Å². The summed E-state index contributed by atoms with van der Waals surface area (Å²) in [5.74, 6) is 0.705. The molecule has 0 amide bonds. The second-order valence-electron chi connectivity index (χ2n) is 3.53. The maximum absolute atomic E-state index is 5.01. The lowest BCUT2D eigenvalue weighted by Crippen LogP contribution is -1.91. The molecule has 72 valence electrons. The van der Waals surface area contributed by atoms with Gasteiger partial charge in [0.05, 0.1) is 12.5 Å². The highest BCUT2D eigenvalue weighted by atomic mass is 16.3. The molecule has 1 heterocycles. The molecule has 0 spiro atoms. The van der Waals surface area contributed by atoms with Crippen LogP contribution in [0.1, 0.15) is 32.3 Å². The monoisotopic (exact) mass is 178 g/mol. The number of furan rings is 1. The van der Waals surface area contributed by atoms with Crippen LogP contribution in [-0.4, -0.2) is 0 Å². The zero-order valence-corrected chi connectivity index (χ0v) is 8.49. The zero-order chi connectivity index (χ0) is 9.52. The maximum Gasteiger partial charge on any atom is 0.0934 e. The van der Waals surface area contributed by atoms with Crippen molar-refractivity contribution in [2.45, 2.75) is 33.1 Å². The highest BCUT2D eigenvalue weighted by Gasteiger charge is 1.98. The number of aryl methyl sites for hydroxylation is 1. The summed E-state index contributed by atoms with van der Waals surface area (Å²) < 4.78 is 5.01. The quantitative estimate of drug-likeness (QED) is 0.625. The fourth-order valence-electron chi connectivity index (χ4n) is 1.49. The molecule has 0 fully saturated rings. The summed E-state index contributed by atoms with van der Waals surface area (Å²) in [5.41, 5.74) is 1.31. The van der Waals surface area contributed by atoms with Crippen molar-refractivity contribution < 1.29 is 4.42 Å². The van der Waals surface area contributed by atoms with Gasteiger partial charge in [0.2, 0.25) is 0 Å². The average molecular weight is 178 g/mol. The van der Waals surface area contributed by atoms with Crippen LogP contribution < -0.4 is 0 Å². The smallest absolute Gasteiger partial charge is 0.0934 e. The summed E-state index contributed by atoms with van der Waals surface area (Å²) in [6.45, 7) is 4.34. The van der Waals surface area contributed by atoms with Crippen molar-refractivity contribution in [3.05, 3.63) is 36.3 Å². The molecule has 0 saturated carbocycles. The van der Waals surface area contributed by atoms with Gasteiger partial charge in [-0.2, -0.15) is 0 Å². The van der Waals surface area contributed by atoms with Crippen LogP contribution in [0.2, 0.25) is 0 Å². The predicted octanol–water partition coefficient (Wildman–Crippen LogP) is 3.81. The number of rotatable bonds is 5. The van der Waals surface area contributed by atoms with E-state index in [1.165, 1.54) is 18.4 Å². The first-order valence-electron chi connectivity index (χ1n) is 4.97. The van der Waals surface area contributed by atoms with Crippen molar-refractivity contribution in [1.82, 2.24) is 0 Å². The molecule has 0 unspecified atom stereocenters. The molecule has 1 heteroatoms. The van der Waals surface area contributed by atoms with Gasteiger partial charge >= 0.3 is 0 Å². The first-order chi connectivity index (χ1) is 6.33. The van der Waals surface area contributed by atoms with Crippen molar-refractivity contribution in [1.29, 1.82) is 0 Å². The van der Waals surface area contributed by atoms with E-state index in [-0.39, 0.29) is 0 Å². The van der Waals surface area contributed by atoms with Crippen molar-refractivity contribution in [2.24, 2.45) is 5.92 Å². The third-order valence-electron chi connectivity index (χ3n) is 2.23. The second kappa shape index (κ2) is 5.63. The highest BCUT2D eigenvalue weighted by molar-refractivity contribution is 5.05. The van der Waals surface area contributed by atoms with Gasteiger partial charge in [0.1, 0.15) is 0 Å². The van der Waals surface area contributed by atoms with Crippen molar-refractivity contribution >= 4 is 0 Å². The van der Waals surface area contributed by atoms with Crippen LogP contribution in [0, 0.1) is 5.92 Å². The number of hydrogen-bond acceptors (Lipinski definition) is 1. The van der Waals surface area contributed by atoms with Crippen molar-refractivity contribution in [3.63, 3.8) is 0 Å². The van der Waals surface area contributed by atoms with Gasteiger partial charge in [0.15, 0.2) is 0 Å². The molecular formula is C12H18O. The van der Waals surface area contributed by atoms with Gasteiger partial charge in [-0.1, -0.05) is 19.1 Å². The molecule has 0 aromatic carbocycles. The van der Waals surface area contributed by atoms with Gasteiger partial charge in [-0.15, -0.1) is 0 Å². The average Bonchev–Trinajstić information content (AvgIpc) is 2.57. The summed E-state index contributed by atoms with van der Waals surface area (Å²) in [7, 11) is 0. The third-order valence-corrected chi connectivity index (χ3v) is 2.23. The molecule has 0 bridgehead atoms. The van der Waals surface area contributed by atoms with E-state index < -0.39 is 0 Å². The molecule has 1 aromatic heterocycles.